The van der Waals surface area contributed by atoms with Gasteiger partial charge >= 0.3 is 0 Å². The van der Waals surface area contributed by atoms with Gasteiger partial charge in [-0.2, -0.15) is 0 Å². The molecule has 0 aliphatic heterocycles. The molecule has 3 amide bonds. The van der Waals surface area contributed by atoms with Crippen molar-refractivity contribution in [1.29, 1.82) is 0 Å². The van der Waals surface area contributed by atoms with Crippen LogP contribution in [-0.4, -0.2) is 45.1 Å². The standard InChI is InChI=1S/C23H22N6O4/c24-13-20(23(32)28-33)27-22(31)18-7-3-16(4-8-18)1-2-17-5-9-19(10-6-17)26-21(30)14-29-12-11-25-15-29/h3-12,15,20,33H,13-14,24H2,(H,26,30)(H,27,31)(H,28,32)/t20-/m0/s1. The van der Waals surface area contributed by atoms with Crippen molar-refractivity contribution in [3.05, 3.63) is 83.9 Å². The van der Waals surface area contributed by atoms with Gasteiger partial charge in [0, 0.05) is 41.3 Å². The lowest BCUT2D eigenvalue weighted by atomic mass is 10.1. The van der Waals surface area contributed by atoms with Gasteiger partial charge in [-0.05, 0) is 48.5 Å². The maximum absolute atomic E-state index is 12.2. The average Bonchev–Trinajstić information content (AvgIpc) is 3.34. The van der Waals surface area contributed by atoms with Gasteiger partial charge in [0.1, 0.15) is 12.6 Å². The third-order valence-corrected chi connectivity index (χ3v) is 4.52. The number of hydrogen-bond donors (Lipinski definition) is 5. The Kier molecular flexibility index (Phi) is 7.91. The van der Waals surface area contributed by atoms with Gasteiger partial charge in [0.25, 0.3) is 11.8 Å². The van der Waals surface area contributed by atoms with E-state index in [1.54, 1.807) is 71.8 Å². The number of imidazole rings is 1. The van der Waals surface area contributed by atoms with Crippen molar-refractivity contribution in [2.24, 2.45) is 5.73 Å². The van der Waals surface area contributed by atoms with E-state index >= 15 is 0 Å². The molecule has 0 saturated carbocycles. The van der Waals surface area contributed by atoms with Gasteiger partial charge in [-0.15, -0.1) is 0 Å². The van der Waals surface area contributed by atoms with Crippen LogP contribution in [0.3, 0.4) is 0 Å². The highest BCUT2D eigenvalue weighted by atomic mass is 16.5. The summed E-state index contributed by atoms with van der Waals surface area (Å²) in [7, 11) is 0. The fourth-order valence-corrected chi connectivity index (χ4v) is 2.78. The van der Waals surface area contributed by atoms with Gasteiger partial charge in [-0.3, -0.25) is 19.6 Å². The number of benzene rings is 2. The number of nitrogens with two attached hydrogens (primary N) is 1. The lowest BCUT2D eigenvalue weighted by Gasteiger charge is -2.14. The second-order valence-electron chi connectivity index (χ2n) is 6.93. The van der Waals surface area contributed by atoms with E-state index in [1.165, 1.54) is 5.48 Å². The Morgan fingerprint density at radius 2 is 1.67 bits per heavy atom. The molecule has 0 spiro atoms. The number of nitrogens with one attached hydrogen (secondary N) is 3. The molecule has 0 fully saturated rings. The van der Waals surface area contributed by atoms with E-state index in [0.717, 1.165) is 5.56 Å². The molecule has 10 heteroatoms. The molecular formula is C23H22N6O4. The van der Waals surface area contributed by atoms with E-state index < -0.39 is 17.9 Å². The fourth-order valence-electron chi connectivity index (χ4n) is 2.78. The van der Waals surface area contributed by atoms with Crippen LogP contribution in [0.4, 0.5) is 5.69 Å². The maximum Gasteiger partial charge on any atom is 0.267 e. The Morgan fingerprint density at radius 1 is 1.03 bits per heavy atom. The van der Waals surface area contributed by atoms with Gasteiger partial charge in [0.2, 0.25) is 5.91 Å². The summed E-state index contributed by atoms with van der Waals surface area (Å²) in [6.45, 7) is 0.0197. The Morgan fingerprint density at radius 3 is 2.21 bits per heavy atom. The van der Waals surface area contributed by atoms with E-state index in [4.69, 9.17) is 10.9 Å². The first-order chi connectivity index (χ1) is 16.0. The highest BCUT2D eigenvalue weighted by Crippen LogP contribution is 2.10. The molecule has 0 radical (unpaired) electrons. The third kappa shape index (κ3) is 6.76. The topological polar surface area (TPSA) is 151 Å². The van der Waals surface area contributed by atoms with Crippen LogP contribution in [0.5, 0.6) is 0 Å². The summed E-state index contributed by atoms with van der Waals surface area (Å²) in [4.78, 5) is 39.6. The van der Waals surface area contributed by atoms with E-state index in [0.29, 0.717) is 16.8 Å². The molecule has 0 saturated heterocycles. The van der Waals surface area contributed by atoms with Crippen molar-refractivity contribution in [2.45, 2.75) is 12.6 Å². The van der Waals surface area contributed by atoms with Crippen molar-refractivity contribution < 1.29 is 19.6 Å². The number of rotatable bonds is 7. The fraction of sp³-hybridized carbons (Fsp3) is 0.130. The van der Waals surface area contributed by atoms with Crippen LogP contribution in [0, 0.1) is 11.8 Å². The lowest BCUT2D eigenvalue weighted by molar-refractivity contribution is -0.130. The predicted molar refractivity (Wildman–Crippen MR) is 120 cm³/mol. The molecule has 0 aliphatic carbocycles. The Hall–Kier alpha value is -4.46. The number of hydroxylamine groups is 1. The first kappa shape index (κ1) is 23.2. The number of nitrogens with zero attached hydrogens (tertiary/aromatic N) is 2. The third-order valence-electron chi connectivity index (χ3n) is 4.52. The van der Waals surface area contributed by atoms with Gasteiger partial charge in [-0.25, -0.2) is 10.5 Å². The van der Waals surface area contributed by atoms with Gasteiger partial charge in [-0.1, -0.05) is 11.8 Å². The quantitative estimate of drug-likeness (QED) is 0.202. The smallest absolute Gasteiger partial charge is 0.267 e. The lowest BCUT2D eigenvalue weighted by Crippen LogP contribution is -2.50. The first-order valence-electron chi connectivity index (χ1n) is 9.91. The molecule has 168 valence electrons. The first-order valence-corrected chi connectivity index (χ1v) is 9.91. The minimum atomic E-state index is -1.04. The van der Waals surface area contributed by atoms with Crippen LogP contribution in [0.2, 0.25) is 0 Å². The van der Waals surface area contributed by atoms with Crippen LogP contribution in [0.1, 0.15) is 21.5 Å². The maximum atomic E-state index is 12.2. The van der Waals surface area contributed by atoms with Crippen molar-refractivity contribution in [1.82, 2.24) is 20.3 Å². The van der Waals surface area contributed by atoms with Crippen LogP contribution in [0.15, 0.2) is 67.3 Å². The van der Waals surface area contributed by atoms with E-state index in [1.807, 2.05) is 0 Å². The Balaban J connectivity index is 1.56. The van der Waals surface area contributed by atoms with E-state index in [2.05, 4.69) is 27.5 Å². The van der Waals surface area contributed by atoms with Crippen LogP contribution >= 0.6 is 0 Å². The number of anilines is 1. The zero-order valence-corrected chi connectivity index (χ0v) is 17.5. The van der Waals surface area contributed by atoms with Crippen molar-refractivity contribution >= 4 is 23.4 Å². The van der Waals surface area contributed by atoms with Crippen LogP contribution in [0.25, 0.3) is 0 Å². The zero-order valence-electron chi connectivity index (χ0n) is 17.5. The summed E-state index contributed by atoms with van der Waals surface area (Å²) in [6.07, 6.45) is 4.90. The second kappa shape index (κ2) is 11.2. The molecule has 0 aliphatic rings. The van der Waals surface area contributed by atoms with Gasteiger partial charge < -0.3 is 20.9 Å². The highest BCUT2D eigenvalue weighted by Gasteiger charge is 2.19. The SMILES string of the molecule is NC[C@H](NC(=O)c1ccc(C#Cc2ccc(NC(=O)Cn3ccnc3)cc2)cc1)C(=O)NO. The van der Waals surface area contributed by atoms with Crippen molar-refractivity contribution in [3.63, 3.8) is 0 Å². The van der Waals surface area contributed by atoms with Crippen molar-refractivity contribution in [2.75, 3.05) is 11.9 Å². The summed E-state index contributed by atoms with van der Waals surface area (Å²) >= 11 is 0. The summed E-state index contributed by atoms with van der Waals surface area (Å²) in [5.41, 5.74) is 9.31. The molecule has 3 rings (SSSR count). The Bertz CT molecular complexity index is 1160. The monoisotopic (exact) mass is 446 g/mol. The average molecular weight is 446 g/mol. The molecule has 1 atom stereocenters. The Labute approximate surface area is 189 Å². The molecule has 1 aromatic heterocycles. The number of amides is 3. The minimum Gasteiger partial charge on any atom is -0.339 e. The van der Waals surface area contributed by atoms with Gasteiger partial charge in [0.15, 0.2) is 0 Å². The van der Waals surface area contributed by atoms with E-state index in [9.17, 15) is 14.4 Å². The second-order valence-corrected chi connectivity index (χ2v) is 6.93. The molecule has 33 heavy (non-hydrogen) atoms. The molecular weight excluding hydrogens is 424 g/mol. The largest absolute Gasteiger partial charge is 0.339 e. The molecule has 2 aromatic carbocycles. The summed E-state index contributed by atoms with van der Waals surface area (Å²) in [6, 6.07) is 12.6. The molecule has 0 bridgehead atoms. The number of carbonyl (C=O) groups excluding carboxylic acids is 3. The number of aromatic nitrogens is 2. The minimum absolute atomic E-state index is 0.158. The number of hydrogen-bond acceptors (Lipinski definition) is 6. The summed E-state index contributed by atoms with van der Waals surface area (Å²) in [5.74, 6) is 4.56. The zero-order chi connectivity index (χ0) is 23.6. The van der Waals surface area contributed by atoms with Crippen molar-refractivity contribution in [3.8, 4) is 11.8 Å². The molecule has 1 heterocycles. The molecule has 6 N–H and O–H groups in total. The van der Waals surface area contributed by atoms with E-state index in [-0.39, 0.29) is 19.0 Å². The predicted octanol–water partition coefficient (Wildman–Crippen LogP) is 0.484. The molecule has 10 nitrogen and oxygen atoms in total. The molecule has 3 aromatic rings. The summed E-state index contributed by atoms with van der Waals surface area (Å²) in [5, 5.41) is 13.9. The highest BCUT2D eigenvalue weighted by molar-refractivity contribution is 5.97. The van der Waals surface area contributed by atoms with Crippen LogP contribution < -0.4 is 21.8 Å². The van der Waals surface area contributed by atoms with Gasteiger partial charge in [0.05, 0.1) is 6.33 Å². The molecule has 0 unspecified atom stereocenters. The normalized spacial score (nSPS) is 11.0. The van der Waals surface area contributed by atoms with Crippen LogP contribution in [-0.2, 0) is 16.1 Å². The number of carbonyl (C=O) groups is 3. The summed E-state index contributed by atoms with van der Waals surface area (Å²) < 4.78 is 1.67.